The van der Waals surface area contributed by atoms with E-state index in [1.807, 2.05) is 25.2 Å². The summed E-state index contributed by atoms with van der Waals surface area (Å²) >= 11 is 6.08. The summed E-state index contributed by atoms with van der Waals surface area (Å²) in [6, 6.07) is 5.91. The Bertz CT molecular complexity index is 407. The van der Waals surface area contributed by atoms with Gasteiger partial charge in [-0.2, -0.15) is 0 Å². The first-order valence-corrected chi connectivity index (χ1v) is 6.87. The molecular weight excluding hydrogens is 262 g/mol. The van der Waals surface area contributed by atoms with Gasteiger partial charge in [0.25, 0.3) is 0 Å². The van der Waals surface area contributed by atoms with Crippen LogP contribution in [0.4, 0.5) is 0 Å². The molecule has 19 heavy (non-hydrogen) atoms. The minimum absolute atomic E-state index is 0.124. The van der Waals surface area contributed by atoms with Gasteiger partial charge in [-0.3, -0.25) is 0 Å². The van der Waals surface area contributed by atoms with E-state index in [9.17, 15) is 0 Å². The van der Waals surface area contributed by atoms with Crippen LogP contribution in [0.2, 0.25) is 5.02 Å². The monoisotopic (exact) mass is 285 g/mol. The molecule has 0 fully saturated rings. The molecule has 1 aromatic carbocycles. The third-order valence-corrected chi connectivity index (χ3v) is 3.74. The van der Waals surface area contributed by atoms with E-state index in [0.717, 1.165) is 29.2 Å². The lowest BCUT2D eigenvalue weighted by Crippen LogP contribution is -2.26. The third kappa shape index (κ3) is 4.68. The highest BCUT2D eigenvalue weighted by atomic mass is 35.5. The molecule has 0 saturated carbocycles. The molecule has 1 rings (SSSR count). The Hall–Kier alpha value is -0.770. The van der Waals surface area contributed by atoms with Crippen LogP contribution in [-0.4, -0.2) is 26.9 Å². The second-order valence-corrected chi connectivity index (χ2v) is 5.67. The van der Waals surface area contributed by atoms with Crippen molar-refractivity contribution in [3.8, 4) is 5.75 Å². The van der Waals surface area contributed by atoms with Gasteiger partial charge in [-0.1, -0.05) is 11.6 Å². The average molecular weight is 286 g/mol. The second kappa shape index (κ2) is 7.13. The van der Waals surface area contributed by atoms with Gasteiger partial charge >= 0.3 is 0 Å². The number of methoxy groups -OCH3 is 2. The van der Waals surface area contributed by atoms with Crippen LogP contribution in [0.5, 0.6) is 5.75 Å². The molecule has 1 unspecified atom stereocenters. The minimum Gasteiger partial charge on any atom is -0.496 e. The molecule has 0 aliphatic carbocycles. The predicted octanol–water partition coefficient (Wildman–Crippen LogP) is 3.81. The molecule has 0 aliphatic rings. The average Bonchev–Trinajstić information content (AvgIpc) is 2.39. The number of hydrogen-bond donors (Lipinski definition) is 1. The van der Waals surface area contributed by atoms with Crippen molar-refractivity contribution >= 4 is 11.6 Å². The topological polar surface area (TPSA) is 30.5 Å². The molecule has 1 atom stereocenters. The maximum atomic E-state index is 6.08. The minimum atomic E-state index is -0.124. The number of rotatable bonds is 7. The lowest BCUT2D eigenvalue weighted by Gasteiger charge is -2.26. The highest BCUT2D eigenvalue weighted by Crippen LogP contribution is 2.32. The highest BCUT2D eigenvalue weighted by molar-refractivity contribution is 6.30. The van der Waals surface area contributed by atoms with Gasteiger partial charge in [-0.25, -0.2) is 0 Å². The number of hydrogen-bond acceptors (Lipinski definition) is 3. The van der Waals surface area contributed by atoms with Gasteiger partial charge in [0.05, 0.1) is 12.7 Å². The van der Waals surface area contributed by atoms with E-state index >= 15 is 0 Å². The van der Waals surface area contributed by atoms with E-state index in [2.05, 4.69) is 19.2 Å². The number of benzene rings is 1. The van der Waals surface area contributed by atoms with Crippen LogP contribution in [0.25, 0.3) is 0 Å². The zero-order chi connectivity index (χ0) is 14.5. The van der Waals surface area contributed by atoms with Crippen molar-refractivity contribution in [3.05, 3.63) is 28.8 Å². The normalized spacial score (nSPS) is 13.4. The molecule has 0 radical (unpaired) electrons. The summed E-state index contributed by atoms with van der Waals surface area (Å²) in [7, 11) is 5.37. The summed E-state index contributed by atoms with van der Waals surface area (Å²) in [5.74, 6) is 0.860. The molecule has 0 heterocycles. The zero-order valence-corrected chi connectivity index (χ0v) is 13.2. The summed E-state index contributed by atoms with van der Waals surface area (Å²) < 4.78 is 10.9. The molecule has 0 aliphatic heterocycles. The van der Waals surface area contributed by atoms with Gasteiger partial charge in [0, 0.05) is 23.7 Å². The molecule has 0 aromatic heterocycles. The first-order chi connectivity index (χ1) is 8.93. The lowest BCUT2D eigenvalue weighted by atomic mass is 9.94. The van der Waals surface area contributed by atoms with Gasteiger partial charge in [-0.15, -0.1) is 0 Å². The Morgan fingerprint density at radius 3 is 2.53 bits per heavy atom. The summed E-state index contributed by atoms with van der Waals surface area (Å²) in [5, 5.41) is 4.05. The molecule has 4 heteroatoms. The van der Waals surface area contributed by atoms with E-state index in [1.54, 1.807) is 14.2 Å². The van der Waals surface area contributed by atoms with Crippen molar-refractivity contribution in [2.75, 3.05) is 21.3 Å². The van der Waals surface area contributed by atoms with Crippen LogP contribution < -0.4 is 10.1 Å². The van der Waals surface area contributed by atoms with Crippen LogP contribution in [0.1, 0.15) is 38.3 Å². The third-order valence-electron chi connectivity index (χ3n) is 3.50. The summed E-state index contributed by atoms with van der Waals surface area (Å²) in [6.07, 6.45) is 1.90. The standard InChI is InChI=1S/C15H24ClNO2/c1-15(2,19-5)9-8-13(17-3)12-10-11(16)6-7-14(12)18-4/h6-7,10,13,17H,8-9H2,1-5H3. The van der Waals surface area contributed by atoms with Crippen molar-refractivity contribution < 1.29 is 9.47 Å². The van der Waals surface area contributed by atoms with Crippen LogP contribution >= 0.6 is 11.6 Å². The van der Waals surface area contributed by atoms with Gasteiger partial charge in [0.2, 0.25) is 0 Å². The fourth-order valence-corrected chi connectivity index (χ4v) is 2.21. The van der Waals surface area contributed by atoms with E-state index in [-0.39, 0.29) is 11.6 Å². The Morgan fingerprint density at radius 1 is 1.32 bits per heavy atom. The largest absolute Gasteiger partial charge is 0.496 e. The zero-order valence-electron chi connectivity index (χ0n) is 12.4. The van der Waals surface area contributed by atoms with Gasteiger partial charge in [0.15, 0.2) is 0 Å². The van der Waals surface area contributed by atoms with Gasteiger partial charge < -0.3 is 14.8 Å². The van der Waals surface area contributed by atoms with Crippen molar-refractivity contribution in [3.63, 3.8) is 0 Å². The molecule has 108 valence electrons. The van der Waals surface area contributed by atoms with Gasteiger partial charge in [-0.05, 0) is 51.9 Å². The van der Waals surface area contributed by atoms with Crippen LogP contribution in [-0.2, 0) is 4.74 Å². The molecule has 0 spiro atoms. The van der Waals surface area contributed by atoms with E-state index in [0.29, 0.717) is 0 Å². The predicted molar refractivity (Wildman–Crippen MR) is 80.1 cm³/mol. The Balaban J connectivity index is 2.88. The van der Waals surface area contributed by atoms with Crippen LogP contribution in [0.15, 0.2) is 18.2 Å². The molecule has 0 amide bonds. The maximum absolute atomic E-state index is 6.08. The van der Waals surface area contributed by atoms with Crippen molar-refractivity contribution in [2.24, 2.45) is 0 Å². The summed E-state index contributed by atoms with van der Waals surface area (Å²) in [4.78, 5) is 0. The fourth-order valence-electron chi connectivity index (χ4n) is 2.03. The van der Waals surface area contributed by atoms with E-state index in [1.165, 1.54) is 0 Å². The van der Waals surface area contributed by atoms with Crippen molar-refractivity contribution in [1.82, 2.24) is 5.32 Å². The number of ether oxygens (including phenoxy) is 2. The quantitative estimate of drug-likeness (QED) is 0.826. The Kier molecular flexibility index (Phi) is 6.11. The second-order valence-electron chi connectivity index (χ2n) is 5.23. The summed E-state index contributed by atoms with van der Waals surface area (Å²) in [5.41, 5.74) is 0.963. The van der Waals surface area contributed by atoms with Gasteiger partial charge in [0.1, 0.15) is 5.75 Å². The molecule has 0 bridgehead atoms. The number of halogens is 1. The summed E-state index contributed by atoms with van der Waals surface area (Å²) in [6.45, 7) is 4.18. The van der Waals surface area contributed by atoms with Crippen molar-refractivity contribution in [2.45, 2.75) is 38.3 Å². The highest BCUT2D eigenvalue weighted by Gasteiger charge is 2.21. The van der Waals surface area contributed by atoms with Crippen molar-refractivity contribution in [1.29, 1.82) is 0 Å². The first kappa shape index (κ1) is 16.3. The number of nitrogens with one attached hydrogen (secondary N) is 1. The Morgan fingerprint density at radius 2 is 2.00 bits per heavy atom. The fraction of sp³-hybridized carbons (Fsp3) is 0.600. The molecule has 0 saturated heterocycles. The Labute approximate surface area is 121 Å². The molecule has 1 aromatic rings. The molecular formula is C15H24ClNO2. The molecule has 3 nitrogen and oxygen atoms in total. The smallest absolute Gasteiger partial charge is 0.123 e. The SMILES string of the molecule is CNC(CCC(C)(C)OC)c1cc(Cl)ccc1OC. The van der Waals surface area contributed by atoms with Crippen LogP contribution in [0, 0.1) is 0 Å². The first-order valence-electron chi connectivity index (χ1n) is 6.49. The van der Waals surface area contributed by atoms with E-state index in [4.69, 9.17) is 21.1 Å². The maximum Gasteiger partial charge on any atom is 0.123 e. The molecule has 1 N–H and O–H groups in total. The van der Waals surface area contributed by atoms with Crippen LogP contribution in [0.3, 0.4) is 0 Å². The van der Waals surface area contributed by atoms with E-state index < -0.39 is 0 Å². The lowest BCUT2D eigenvalue weighted by molar-refractivity contribution is 0.0118.